The van der Waals surface area contributed by atoms with E-state index >= 15 is 0 Å². The van der Waals surface area contributed by atoms with Crippen LogP contribution in [-0.2, 0) is 22.2 Å². The van der Waals surface area contributed by atoms with E-state index in [-0.39, 0.29) is 10.7 Å². The van der Waals surface area contributed by atoms with Gasteiger partial charge < -0.3 is 5.32 Å². The van der Waals surface area contributed by atoms with Crippen LogP contribution in [0, 0.1) is 0 Å². The lowest BCUT2D eigenvalue weighted by molar-refractivity contribution is -0.116. The number of anilines is 1. The van der Waals surface area contributed by atoms with E-state index in [0.29, 0.717) is 19.4 Å². The molecule has 1 atom stereocenters. The van der Waals surface area contributed by atoms with Crippen molar-refractivity contribution >= 4 is 22.6 Å². The quantitative estimate of drug-likeness (QED) is 0.673. The summed E-state index contributed by atoms with van der Waals surface area (Å²) in [6, 6.07) is 8.05. The van der Waals surface area contributed by atoms with Crippen LogP contribution in [0.5, 0.6) is 0 Å². The van der Waals surface area contributed by atoms with E-state index in [2.05, 4.69) is 29.1 Å². The highest BCUT2D eigenvalue weighted by atomic mass is 32.2. The Bertz CT molecular complexity index is 507. The van der Waals surface area contributed by atoms with Gasteiger partial charge in [-0.1, -0.05) is 25.5 Å². The molecule has 0 aliphatic carbocycles. The zero-order chi connectivity index (χ0) is 17.3. The number of hydrogen-bond donors (Lipinski definition) is 2. The second-order valence-electron chi connectivity index (χ2n) is 6.73. The number of nitrogens with one attached hydrogen (secondary N) is 2. The Morgan fingerprint density at radius 2 is 1.78 bits per heavy atom. The summed E-state index contributed by atoms with van der Waals surface area (Å²) in [5.74, 6) is -0.00495. The van der Waals surface area contributed by atoms with Gasteiger partial charge in [-0.15, -0.1) is 0 Å². The molecule has 1 rings (SSSR count). The molecule has 130 valence electrons. The second-order valence-corrected chi connectivity index (χ2v) is 8.78. The second kappa shape index (κ2) is 9.83. The van der Waals surface area contributed by atoms with Gasteiger partial charge in [0.25, 0.3) is 0 Å². The maximum absolute atomic E-state index is 11.9. The first-order chi connectivity index (χ1) is 10.8. The first-order valence-corrected chi connectivity index (χ1v) is 9.52. The van der Waals surface area contributed by atoms with Gasteiger partial charge in [-0.3, -0.25) is 4.79 Å². The molecule has 0 bridgehead atoms. The highest BCUT2D eigenvalue weighted by Crippen LogP contribution is 2.12. The predicted molar refractivity (Wildman–Crippen MR) is 98.8 cm³/mol. The molecule has 0 heterocycles. The minimum Gasteiger partial charge on any atom is -0.326 e. The van der Waals surface area contributed by atoms with Gasteiger partial charge >= 0.3 is 0 Å². The van der Waals surface area contributed by atoms with Gasteiger partial charge in [0, 0.05) is 18.7 Å². The Morgan fingerprint density at radius 1 is 1.13 bits per heavy atom. The van der Waals surface area contributed by atoms with Crippen LogP contribution in [0.4, 0.5) is 5.69 Å². The maximum Gasteiger partial charge on any atom is 0.224 e. The van der Waals surface area contributed by atoms with Crippen LogP contribution in [-0.4, -0.2) is 21.4 Å². The van der Waals surface area contributed by atoms with E-state index in [4.69, 9.17) is 0 Å². The van der Waals surface area contributed by atoms with Gasteiger partial charge in [0.1, 0.15) is 0 Å². The van der Waals surface area contributed by atoms with E-state index < -0.39 is 11.0 Å². The summed E-state index contributed by atoms with van der Waals surface area (Å²) < 4.78 is 14.5. The molecule has 0 saturated heterocycles. The Morgan fingerprint density at radius 3 is 2.35 bits per heavy atom. The molecule has 0 fully saturated rings. The van der Waals surface area contributed by atoms with Crippen LogP contribution in [0.2, 0.25) is 0 Å². The Kier molecular flexibility index (Phi) is 8.48. The smallest absolute Gasteiger partial charge is 0.224 e. The topological polar surface area (TPSA) is 58.2 Å². The van der Waals surface area contributed by atoms with E-state index in [1.807, 2.05) is 32.9 Å². The van der Waals surface area contributed by atoms with Crippen molar-refractivity contribution in [2.75, 3.05) is 11.9 Å². The van der Waals surface area contributed by atoms with Crippen molar-refractivity contribution in [2.24, 2.45) is 0 Å². The fourth-order valence-electron chi connectivity index (χ4n) is 1.99. The average Bonchev–Trinajstić information content (AvgIpc) is 2.49. The van der Waals surface area contributed by atoms with Crippen LogP contribution in [0.3, 0.4) is 0 Å². The summed E-state index contributed by atoms with van der Waals surface area (Å²) >= 11 is 0. The molecule has 5 heteroatoms. The zero-order valence-corrected chi connectivity index (χ0v) is 15.6. The van der Waals surface area contributed by atoms with E-state index in [9.17, 15) is 9.00 Å². The molecule has 1 aromatic carbocycles. The molecule has 0 aliphatic rings. The summed E-state index contributed by atoms with van der Waals surface area (Å²) in [5.41, 5.74) is 2.14. The highest BCUT2D eigenvalue weighted by Gasteiger charge is 2.18. The molecule has 1 unspecified atom stereocenters. The lowest BCUT2D eigenvalue weighted by atomic mass is 10.1. The van der Waals surface area contributed by atoms with Crippen LogP contribution in [0.15, 0.2) is 24.3 Å². The van der Waals surface area contributed by atoms with Crippen molar-refractivity contribution in [1.82, 2.24) is 4.72 Å². The third-order valence-electron chi connectivity index (χ3n) is 3.43. The molecule has 0 aromatic heterocycles. The number of carbonyl (C=O) groups is 1. The molecule has 1 aromatic rings. The van der Waals surface area contributed by atoms with Crippen molar-refractivity contribution in [3.63, 3.8) is 0 Å². The highest BCUT2D eigenvalue weighted by molar-refractivity contribution is 7.84. The molecule has 4 nitrogen and oxygen atoms in total. The molecule has 2 N–H and O–H groups in total. The largest absolute Gasteiger partial charge is 0.326 e. The van der Waals surface area contributed by atoms with Gasteiger partial charge in [-0.25, -0.2) is 8.93 Å². The van der Waals surface area contributed by atoms with E-state index in [1.54, 1.807) is 0 Å². The summed E-state index contributed by atoms with van der Waals surface area (Å²) in [6.07, 6.45) is 4.55. The number of hydrogen-bond acceptors (Lipinski definition) is 2. The van der Waals surface area contributed by atoms with E-state index in [0.717, 1.165) is 12.1 Å². The van der Waals surface area contributed by atoms with Crippen molar-refractivity contribution < 1.29 is 9.00 Å². The molecule has 0 spiro atoms. The third kappa shape index (κ3) is 8.28. The number of benzene rings is 1. The van der Waals surface area contributed by atoms with Gasteiger partial charge in [-0.05, 0) is 57.7 Å². The standard InChI is InChI=1S/C18H30N2O2S/c1-5-6-8-15-10-12-16(13-11-15)20-17(21)9-7-14-19-23(22)18(2,3)4/h10-13,19H,5-9,14H2,1-4H3,(H,20,21). The number of rotatable bonds is 9. The van der Waals surface area contributed by atoms with Gasteiger partial charge in [-0.2, -0.15) is 0 Å². The fourth-order valence-corrected chi connectivity index (χ4v) is 2.75. The first-order valence-electron chi connectivity index (χ1n) is 8.37. The first kappa shape index (κ1) is 19.8. The van der Waals surface area contributed by atoms with Crippen molar-refractivity contribution in [2.45, 2.75) is 64.5 Å². The van der Waals surface area contributed by atoms with Crippen molar-refractivity contribution in [3.8, 4) is 0 Å². The number of unbranched alkanes of at least 4 members (excludes halogenated alkanes) is 1. The predicted octanol–water partition coefficient (Wildman–Crippen LogP) is 3.80. The van der Waals surface area contributed by atoms with Crippen LogP contribution < -0.4 is 10.0 Å². The number of amides is 1. The Labute approximate surface area is 143 Å². The number of aryl methyl sites for hydroxylation is 1. The van der Waals surface area contributed by atoms with Crippen LogP contribution >= 0.6 is 0 Å². The average molecular weight is 339 g/mol. The lowest BCUT2D eigenvalue weighted by Crippen LogP contribution is -2.34. The number of carbonyl (C=O) groups excluding carboxylic acids is 1. The summed E-state index contributed by atoms with van der Waals surface area (Å²) in [7, 11) is -1.08. The Hall–Kier alpha value is -1.20. The maximum atomic E-state index is 11.9. The minimum absolute atomic E-state index is 0.00495. The molecule has 0 aliphatic heterocycles. The molecular formula is C18H30N2O2S. The minimum atomic E-state index is -1.08. The van der Waals surface area contributed by atoms with Crippen molar-refractivity contribution in [3.05, 3.63) is 29.8 Å². The Balaban J connectivity index is 2.27. The summed E-state index contributed by atoms with van der Waals surface area (Å²) in [5, 5.41) is 2.90. The summed E-state index contributed by atoms with van der Waals surface area (Å²) in [6.45, 7) is 8.53. The van der Waals surface area contributed by atoms with Gasteiger partial charge in [0.05, 0.1) is 15.7 Å². The van der Waals surface area contributed by atoms with Crippen LogP contribution in [0.1, 0.15) is 58.9 Å². The molecular weight excluding hydrogens is 308 g/mol. The molecule has 0 saturated carbocycles. The van der Waals surface area contributed by atoms with Crippen molar-refractivity contribution in [1.29, 1.82) is 0 Å². The zero-order valence-electron chi connectivity index (χ0n) is 14.8. The SMILES string of the molecule is CCCCc1ccc(NC(=O)CCCNS(=O)C(C)(C)C)cc1. The molecule has 23 heavy (non-hydrogen) atoms. The normalized spacial score (nSPS) is 12.9. The third-order valence-corrected chi connectivity index (χ3v) is 5.01. The van der Waals surface area contributed by atoms with E-state index in [1.165, 1.54) is 18.4 Å². The lowest BCUT2D eigenvalue weighted by Gasteiger charge is -2.17. The van der Waals surface area contributed by atoms with Gasteiger partial charge in [0.2, 0.25) is 5.91 Å². The van der Waals surface area contributed by atoms with Crippen LogP contribution in [0.25, 0.3) is 0 Å². The van der Waals surface area contributed by atoms with Gasteiger partial charge in [0.15, 0.2) is 0 Å². The molecule has 1 amide bonds. The fraction of sp³-hybridized carbons (Fsp3) is 0.611. The monoisotopic (exact) mass is 338 g/mol. The molecule has 0 radical (unpaired) electrons. The summed E-state index contributed by atoms with van der Waals surface area (Å²) in [4.78, 5) is 11.9.